The van der Waals surface area contributed by atoms with Crippen molar-refractivity contribution in [3.05, 3.63) is 24.0 Å². The summed E-state index contributed by atoms with van der Waals surface area (Å²) in [7, 11) is 0. The van der Waals surface area contributed by atoms with Crippen molar-refractivity contribution in [3.63, 3.8) is 0 Å². The van der Waals surface area contributed by atoms with Crippen LogP contribution in [0.4, 0.5) is 15.8 Å². The van der Waals surface area contributed by atoms with Gasteiger partial charge in [-0.1, -0.05) is 0 Å². The molecule has 17 heavy (non-hydrogen) atoms. The van der Waals surface area contributed by atoms with E-state index in [0.29, 0.717) is 11.7 Å². The summed E-state index contributed by atoms with van der Waals surface area (Å²) in [4.78, 5) is 2.20. The topological polar surface area (TPSA) is 49.5 Å². The highest BCUT2D eigenvalue weighted by Gasteiger charge is 2.24. The van der Waals surface area contributed by atoms with Crippen LogP contribution in [0, 0.1) is 5.82 Å². The van der Waals surface area contributed by atoms with Gasteiger partial charge >= 0.3 is 0 Å². The maximum absolute atomic E-state index is 13.3. The molecule has 1 unspecified atom stereocenters. The lowest BCUT2D eigenvalue weighted by Gasteiger charge is -2.27. The maximum Gasteiger partial charge on any atom is 0.127 e. The summed E-state index contributed by atoms with van der Waals surface area (Å²) in [6.07, 6.45) is 3.97. The monoisotopic (exact) mass is 238 g/mol. The molecular formula is C13H19FN2O. The van der Waals surface area contributed by atoms with Crippen LogP contribution in [0.3, 0.4) is 0 Å². The standard InChI is InChI=1S/C13H19FN2O/c14-10-7-11(15)9-13(8-10)16-5-1-3-12(16)4-2-6-17/h7-9,12,17H,1-6,15H2. The highest BCUT2D eigenvalue weighted by Crippen LogP contribution is 2.29. The van der Waals surface area contributed by atoms with Gasteiger partial charge in [-0.05, 0) is 43.9 Å². The first kappa shape index (κ1) is 12.2. The molecule has 1 aliphatic rings. The van der Waals surface area contributed by atoms with Crippen LogP contribution in [0.15, 0.2) is 18.2 Å². The van der Waals surface area contributed by atoms with Gasteiger partial charge in [-0.2, -0.15) is 0 Å². The second-order valence-corrected chi connectivity index (χ2v) is 4.60. The number of benzene rings is 1. The summed E-state index contributed by atoms with van der Waals surface area (Å²) in [5, 5.41) is 8.87. The molecular weight excluding hydrogens is 219 g/mol. The number of nitrogens with zero attached hydrogens (tertiary/aromatic N) is 1. The number of hydrogen-bond donors (Lipinski definition) is 2. The van der Waals surface area contributed by atoms with E-state index in [1.165, 1.54) is 12.1 Å². The van der Waals surface area contributed by atoms with Gasteiger partial charge in [0.1, 0.15) is 5.82 Å². The van der Waals surface area contributed by atoms with E-state index in [4.69, 9.17) is 10.8 Å². The number of aliphatic hydroxyl groups excluding tert-OH is 1. The Labute approximate surface area is 101 Å². The van der Waals surface area contributed by atoms with E-state index in [-0.39, 0.29) is 12.4 Å². The van der Waals surface area contributed by atoms with E-state index < -0.39 is 0 Å². The van der Waals surface area contributed by atoms with E-state index in [9.17, 15) is 4.39 Å². The second kappa shape index (κ2) is 5.36. The number of aliphatic hydroxyl groups is 1. The van der Waals surface area contributed by atoms with Gasteiger partial charge in [-0.25, -0.2) is 4.39 Å². The van der Waals surface area contributed by atoms with Crippen LogP contribution in [-0.4, -0.2) is 24.3 Å². The molecule has 4 heteroatoms. The Kier molecular flexibility index (Phi) is 3.84. The summed E-state index contributed by atoms with van der Waals surface area (Å²) in [6.45, 7) is 1.16. The van der Waals surface area contributed by atoms with Crippen LogP contribution in [0.5, 0.6) is 0 Å². The Morgan fingerprint density at radius 2 is 2.24 bits per heavy atom. The molecule has 0 spiro atoms. The van der Waals surface area contributed by atoms with Crippen molar-refractivity contribution in [1.29, 1.82) is 0 Å². The maximum atomic E-state index is 13.3. The molecule has 1 aromatic rings. The van der Waals surface area contributed by atoms with Crippen molar-refractivity contribution in [2.45, 2.75) is 31.7 Å². The average molecular weight is 238 g/mol. The predicted octanol–water partition coefficient (Wildman–Crippen LogP) is 2.15. The normalized spacial score (nSPS) is 19.9. The summed E-state index contributed by atoms with van der Waals surface area (Å²) >= 11 is 0. The lowest BCUT2D eigenvalue weighted by atomic mass is 10.1. The molecule has 0 aliphatic carbocycles. The van der Waals surface area contributed by atoms with Gasteiger partial charge in [0.2, 0.25) is 0 Å². The molecule has 0 radical (unpaired) electrons. The molecule has 1 saturated heterocycles. The SMILES string of the molecule is Nc1cc(F)cc(N2CCCC2CCCO)c1. The first-order valence-electron chi connectivity index (χ1n) is 6.14. The Morgan fingerprint density at radius 3 is 2.94 bits per heavy atom. The van der Waals surface area contributed by atoms with E-state index in [1.807, 2.05) is 6.07 Å². The summed E-state index contributed by atoms with van der Waals surface area (Å²) in [6, 6.07) is 5.10. The number of hydrogen-bond acceptors (Lipinski definition) is 3. The molecule has 0 aromatic heterocycles. The fourth-order valence-electron chi connectivity index (χ4n) is 2.56. The Hall–Kier alpha value is -1.29. The molecule has 0 bridgehead atoms. The van der Waals surface area contributed by atoms with Gasteiger partial charge in [0.15, 0.2) is 0 Å². The van der Waals surface area contributed by atoms with Gasteiger partial charge < -0.3 is 15.7 Å². The minimum absolute atomic E-state index is 0.218. The molecule has 3 nitrogen and oxygen atoms in total. The van der Waals surface area contributed by atoms with E-state index in [1.54, 1.807) is 0 Å². The van der Waals surface area contributed by atoms with Crippen molar-refractivity contribution in [1.82, 2.24) is 0 Å². The fourth-order valence-corrected chi connectivity index (χ4v) is 2.56. The number of anilines is 2. The van der Waals surface area contributed by atoms with Gasteiger partial charge in [-0.15, -0.1) is 0 Å². The van der Waals surface area contributed by atoms with Crippen molar-refractivity contribution >= 4 is 11.4 Å². The van der Waals surface area contributed by atoms with E-state index >= 15 is 0 Å². The molecule has 1 aromatic carbocycles. The largest absolute Gasteiger partial charge is 0.399 e. The minimum Gasteiger partial charge on any atom is -0.399 e. The quantitative estimate of drug-likeness (QED) is 0.790. The number of halogens is 1. The number of rotatable bonds is 4. The van der Waals surface area contributed by atoms with Crippen LogP contribution in [0.2, 0.25) is 0 Å². The third-order valence-corrected chi connectivity index (χ3v) is 3.31. The third kappa shape index (κ3) is 2.88. The molecule has 1 atom stereocenters. The lowest BCUT2D eigenvalue weighted by molar-refractivity contribution is 0.279. The van der Waals surface area contributed by atoms with E-state index in [0.717, 1.165) is 37.9 Å². The van der Waals surface area contributed by atoms with Crippen LogP contribution in [-0.2, 0) is 0 Å². The predicted molar refractivity (Wildman–Crippen MR) is 67.5 cm³/mol. The molecule has 1 heterocycles. The van der Waals surface area contributed by atoms with Crippen LogP contribution in [0.1, 0.15) is 25.7 Å². The second-order valence-electron chi connectivity index (χ2n) is 4.60. The van der Waals surface area contributed by atoms with Crippen molar-refractivity contribution in [2.75, 3.05) is 23.8 Å². The van der Waals surface area contributed by atoms with Gasteiger partial charge in [0.05, 0.1) is 0 Å². The van der Waals surface area contributed by atoms with E-state index in [2.05, 4.69) is 4.90 Å². The molecule has 3 N–H and O–H groups in total. The lowest BCUT2D eigenvalue weighted by Crippen LogP contribution is -2.29. The van der Waals surface area contributed by atoms with Crippen molar-refractivity contribution in [3.8, 4) is 0 Å². The van der Waals surface area contributed by atoms with Crippen LogP contribution in [0.25, 0.3) is 0 Å². The van der Waals surface area contributed by atoms with Crippen molar-refractivity contribution in [2.24, 2.45) is 0 Å². The summed E-state index contributed by atoms with van der Waals surface area (Å²) < 4.78 is 13.3. The smallest absolute Gasteiger partial charge is 0.127 e. The number of nitrogen functional groups attached to an aromatic ring is 1. The molecule has 0 amide bonds. The summed E-state index contributed by atoms with van der Waals surface area (Å²) in [5.74, 6) is -0.284. The van der Waals surface area contributed by atoms with Crippen molar-refractivity contribution < 1.29 is 9.50 Å². The van der Waals surface area contributed by atoms with Gasteiger partial charge in [0, 0.05) is 30.6 Å². The first-order valence-corrected chi connectivity index (χ1v) is 6.14. The van der Waals surface area contributed by atoms with Gasteiger partial charge in [0.25, 0.3) is 0 Å². The van der Waals surface area contributed by atoms with Crippen LogP contribution >= 0.6 is 0 Å². The molecule has 0 saturated carbocycles. The Balaban J connectivity index is 2.14. The average Bonchev–Trinajstić information content (AvgIpc) is 2.73. The zero-order valence-corrected chi connectivity index (χ0v) is 9.90. The Morgan fingerprint density at radius 1 is 1.41 bits per heavy atom. The highest BCUT2D eigenvalue weighted by atomic mass is 19.1. The highest BCUT2D eigenvalue weighted by molar-refractivity contribution is 5.57. The molecule has 94 valence electrons. The molecule has 2 rings (SSSR count). The molecule has 1 aliphatic heterocycles. The zero-order chi connectivity index (χ0) is 12.3. The zero-order valence-electron chi connectivity index (χ0n) is 9.90. The van der Waals surface area contributed by atoms with Crippen LogP contribution < -0.4 is 10.6 Å². The number of nitrogens with two attached hydrogens (primary N) is 1. The molecule has 1 fully saturated rings. The summed E-state index contributed by atoms with van der Waals surface area (Å²) in [5.41, 5.74) is 7.00. The third-order valence-electron chi connectivity index (χ3n) is 3.31. The Bertz CT molecular complexity index is 363. The first-order chi connectivity index (χ1) is 8.20. The minimum atomic E-state index is -0.284. The van der Waals surface area contributed by atoms with Gasteiger partial charge in [-0.3, -0.25) is 0 Å². The fraction of sp³-hybridized carbons (Fsp3) is 0.538.